The summed E-state index contributed by atoms with van der Waals surface area (Å²) in [6, 6.07) is 0. The molecule has 0 aromatic carbocycles. The minimum absolute atomic E-state index is 0.0300. The molecule has 1 N–H and O–H groups in total. The van der Waals surface area contributed by atoms with Gasteiger partial charge in [0.2, 0.25) is 5.91 Å². The lowest BCUT2D eigenvalue weighted by atomic mass is 10.1. The third-order valence-electron chi connectivity index (χ3n) is 3.13. The van der Waals surface area contributed by atoms with Gasteiger partial charge in [0.25, 0.3) is 5.56 Å². The zero-order valence-electron chi connectivity index (χ0n) is 10.6. The number of piperidine rings is 1. The van der Waals surface area contributed by atoms with Crippen molar-refractivity contribution in [3.8, 4) is 0 Å². The molecule has 98 valence electrons. The van der Waals surface area contributed by atoms with E-state index in [0.717, 1.165) is 25.9 Å². The first-order chi connectivity index (χ1) is 8.68. The first-order valence-corrected chi connectivity index (χ1v) is 6.22. The van der Waals surface area contributed by atoms with E-state index in [1.54, 1.807) is 13.2 Å². The number of amides is 1. The van der Waals surface area contributed by atoms with Gasteiger partial charge in [0.1, 0.15) is 0 Å². The predicted molar refractivity (Wildman–Crippen MR) is 68.4 cm³/mol. The van der Waals surface area contributed by atoms with Crippen LogP contribution in [0.5, 0.6) is 0 Å². The Hall–Kier alpha value is -1.85. The Morgan fingerprint density at radius 2 is 2.11 bits per heavy atom. The Balaban J connectivity index is 1.92. The maximum Gasteiger partial charge on any atom is 0.293 e. The van der Waals surface area contributed by atoms with Crippen molar-refractivity contribution in [2.24, 2.45) is 7.05 Å². The molecule has 2 heterocycles. The molecule has 2 rings (SSSR count). The van der Waals surface area contributed by atoms with E-state index < -0.39 is 0 Å². The quantitative estimate of drug-likeness (QED) is 0.832. The van der Waals surface area contributed by atoms with Crippen molar-refractivity contribution >= 4 is 11.7 Å². The molecular weight excluding hydrogens is 232 g/mol. The number of nitrogens with one attached hydrogen (secondary N) is 1. The van der Waals surface area contributed by atoms with Crippen molar-refractivity contribution in [3.05, 3.63) is 22.7 Å². The summed E-state index contributed by atoms with van der Waals surface area (Å²) < 4.78 is 1.43. The highest BCUT2D eigenvalue weighted by molar-refractivity contribution is 5.80. The normalized spacial score (nSPS) is 15.5. The molecule has 0 atom stereocenters. The first-order valence-electron chi connectivity index (χ1n) is 6.22. The Morgan fingerprint density at radius 3 is 2.83 bits per heavy atom. The monoisotopic (exact) mass is 250 g/mol. The number of aryl methyl sites for hydroxylation is 1. The average Bonchev–Trinajstić information content (AvgIpc) is 2.41. The SMILES string of the molecule is Cn1ccnc(NCC(=O)N2CCCCC2)c1=O. The highest BCUT2D eigenvalue weighted by Crippen LogP contribution is 2.08. The molecule has 6 nitrogen and oxygen atoms in total. The van der Waals surface area contributed by atoms with Gasteiger partial charge in [0.15, 0.2) is 5.82 Å². The molecule has 0 bridgehead atoms. The van der Waals surface area contributed by atoms with Gasteiger partial charge < -0.3 is 14.8 Å². The van der Waals surface area contributed by atoms with Crippen LogP contribution in [0.3, 0.4) is 0 Å². The summed E-state index contributed by atoms with van der Waals surface area (Å²) in [6.45, 7) is 1.77. The van der Waals surface area contributed by atoms with Gasteiger partial charge in [-0.1, -0.05) is 0 Å². The second-order valence-corrected chi connectivity index (χ2v) is 4.49. The number of hydrogen-bond acceptors (Lipinski definition) is 4. The number of anilines is 1. The van der Waals surface area contributed by atoms with Crippen LogP contribution < -0.4 is 10.9 Å². The summed E-state index contributed by atoms with van der Waals surface area (Å²) in [5.41, 5.74) is -0.219. The van der Waals surface area contributed by atoms with E-state index in [-0.39, 0.29) is 23.8 Å². The van der Waals surface area contributed by atoms with E-state index in [0.29, 0.717) is 0 Å². The van der Waals surface area contributed by atoms with Gasteiger partial charge in [-0.05, 0) is 19.3 Å². The number of hydrogen-bond donors (Lipinski definition) is 1. The summed E-state index contributed by atoms with van der Waals surface area (Å²) in [6.07, 6.45) is 6.45. The molecule has 1 aliphatic heterocycles. The summed E-state index contributed by atoms with van der Waals surface area (Å²) in [5.74, 6) is 0.257. The summed E-state index contributed by atoms with van der Waals surface area (Å²) in [5, 5.41) is 2.82. The number of rotatable bonds is 3. The largest absolute Gasteiger partial charge is 0.356 e. The van der Waals surface area contributed by atoms with E-state index in [9.17, 15) is 9.59 Å². The Morgan fingerprint density at radius 1 is 1.39 bits per heavy atom. The van der Waals surface area contributed by atoms with Crippen molar-refractivity contribution < 1.29 is 4.79 Å². The van der Waals surface area contributed by atoms with Crippen LogP contribution in [0.25, 0.3) is 0 Å². The zero-order chi connectivity index (χ0) is 13.0. The molecule has 1 aliphatic rings. The van der Waals surface area contributed by atoms with E-state index in [1.165, 1.54) is 17.2 Å². The number of aromatic nitrogens is 2. The lowest BCUT2D eigenvalue weighted by Gasteiger charge is -2.26. The minimum atomic E-state index is -0.219. The molecule has 1 amide bonds. The van der Waals surface area contributed by atoms with E-state index >= 15 is 0 Å². The van der Waals surface area contributed by atoms with Gasteiger partial charge in [0, 0.05) is 32.5 Å². The fourth-order valence-electron chi connectivity index (χ4n) is 2.03. The topological polar surface area (TPSA) is 67.2 Å². The van der Waals surface area contributed by atoms with Crippen LogP contribution in [0.4, 0.5) is 5.82 Å². The fraction of sp³-hybridized carbons (Fsp3) is 0.583. The highest BCUT2D eigenvalue weighted by Gasteiger charge is 2.16. The van der Waals surface area contributed by atoms with Crippen LogP contribution in [0.2, 0.25) is 0 Å². The summed E-state index contributed by atoms with van der Waals surface area (Å²) >= 11 is 0. The van der Waals surface area contributed by atoms with Gasteiger partial charge >= 0.3 is 0 Å². The molecule has 18 heavy (non-hydrogen) atoms. The summed E-state index contributed by atoms with van der Waals surface area (Å²) in [4.78, 5) is 29.3. The number of likely N-dealkylation sites (tertiary alicyclic amines) is 1. The Labute approximate surface area is 106 Å². The molecule has 6 heteroatoms. The van der Waals surface area contributed by atoms with Gasteiger partial charge in [-0.3, -0.25) is 9.59 Å². The first kappa shape index (κ1) is 12.6. The van der Waals surface area contributed by atoms with Crippen molar-refractivity contribution in [2.45, 2.75) is 19.3 Å². The third-order valence-corrected chi connectivity index (χ3v) is 3.13. The summed E-state index contributed by atoms with van der Waals surface area (Å²) in [7, 11) is 1.65. The molecule has 1 fully saturated rings. The van der Waals surface area contributed by atoms with Gasteiger partial charge in [-0.25, -0.2) is 4.98 Å². The number of nitrogens with zero attached hydrogens (tertiary/aromatic N) is 3. The van der Waals surface area contributed by atoms with E-state index in [2.05, 4.69) is 10.3 Å². The lowest BCUT2D eigenvalue weighted by Crippen LogP contribution is -2.39. The van der Waals surface area contributed by atoms with Crippen LogP contribution in [0.1, 0.15) is 19.3 Å². The molecule has 0 saturated carbocycles. The van der Waals surface area contributed by atoms with Crippen molar-refractivity contribution in [1.82, 2.24) is 14.5 Å². The smallest absolute Gasteiger partial charge is 0.293 e. The van der Waals surface area contributed by atoms with Crippen LogP contribution in [-0.4, -0.2) is 40.0 Å². The van der Waals surface area contributed by atoms with Gasteiger partial charge in [0.05, 0.1) is 6.54 Å². The van der Waals surface area contributed by atoms with E-state index in [4.69, 9.17) is 0 Å². The predicted octanol–water partition coefficient (Wildman–Crippen LogP) is 0.205. The van der Waals surface area contributed by atoms with E-state index in [1.807, 2.05) is 4.90 Å². The fourth-order valence-corrected chi connectivity index (χ4v) is 2.03. The van der Waals surface area contributed by atoms with Gasteiger partial charge in [-0.15, -0.1) is 0 Å². The third kappa shape index (κ3) is 2.88. The molecule has 1 aromatic rings. The average molecular weight is 250 g/mol. The molecule has 1 saturated heterocycles. The highest BCUT2D eigenvalue weighted by atomic mass is 16.2. The molecule has 0 spiro atoms. The molecule has 0 aliphatic carbocycles. The minimum Gasteiger partial charge on any atom is -0.356 e. The van der Waals surface area contributed by atoms with Crippen LogP contribution in [0.15, 0.2) is 17.2 Å². The standard InChI is InChI=1S/C12H18N4O2/c1-15-8-5-13-11(12(15)18)14-9-10(17)16-6-3-2-4-7-16/h5,8H,2-4,6-7,9H2,1H3,(H,13,14). The maximum absolute atomic E-state index is 11.9. The number of carbonyl (C=O) groups excluding carboxylic acids is 1. The van der Waals surface area contributed by atoms with Crippen molar-refractivity contribution in [1.29, 1.82) is 0 Å². The zero-order valence-corrected chi connectivity index (χ0v) is 10.6. The lowest BCUT2D eigenvalue weighted by molar-refractivity contribution is -0.130. The van der Waals surface area contributed by atoms with Crippen LogP contribution >= 0.6 is 0 Å². The maximum atomic E-state index is 11.9. The van der Waals surface area contributed by atoms with Gasteiger partial charge in [-0.2, -0.15) is 0 Å². The molecule has 0 unspecified atom stereocenters. The second-order valence-electron chi connectivity index (χ2n) is 4.49. The van der Waals surface area contributed by atoms with Crippen LogP contribution in [0, 0.1) is 0 Å². The van der Waals surface area contributed by atoms with Crippen LogP contribution in [-0.2, 0) is 11.8 Å². The second kappa shape index (κ2) is 5.66. The Bertz CT molecular complexity index is 477. The molecule has 1 aromatic heterocycles. The number of carbonyl (C=O) groups is 1. The Kier molecular flexibility index (Phi) is 3.96. The van der Waals surface area contributed by atoms with Crippen molar-refractivity contribution in [3.63, 3.8) is 0 Å². The molecular formula is C12H18N4O2. The van der Waals surface area contributed by atoms with Crippen molar-refractivity contribution in [2.75, 3.05) is 25.0 Å². The molecule has 0 radical (unpaired) electrons.